The molecule has 0 saturated heterocycles. The molecule has 0 aliphatic rings. The number of benzene rings is 2. The second kappa shape index (κ2) is 5.75. The van der Waals surface area contributed by atoms with E-state index in [0.717, 1.165) is 17.7 Å². The third-order valence-corrected chi connectivity index (χ3v) is 3.36. The molecule has 0 radical (unpaired) electrons. The fourth-order valence-corrected chi connectivity index (χ4v) is 2.07. The number of nitrogens with one attached hydrogen (secondary N) is 1. The minimum atomic E-state index is -4.32. The van der Waals surface area contributed by atoms with Crippen LogP contribution >= 0.6 is 15.9 Å². The molecule has 0 amide bonds. The molecule has 2 aromatic rings. The lowest BCUT2D eigenvalue weighted by atomic mass is 10.2. The van der Waals surface area contributed by atoms with Gasteiger partial charge in [0.25, 0.3) is 0 Å². The van der Waals surface area contributed by atoms with Gasteiger partial charge in [0.15, 0.2) is 0 Å². The zero-order valence-electron chi connectivity index (χ0n) is 10.2. The molecule has 2 aromatic carbocycles. The van der Waals surface area contributed by atoms with Gasteiger partial charge in [-0.3, -0.25) is 0 Å². The highest BCUT2D eigenvalue weighted by Crippen LogP contribution is 2.30. The molecule has 0 bridgehead atoms. The lowest BCUT2D eigenvalue weighted by molar-refractivity contribution is -0.137. The number of phenols is 1. The van der Waals surface area contributed by atoms with Gasteiger partial charge >= 0.3 is 6.18 Å². The van der Waals surface area contributed by atoms with Gasteiger partial charge < -0.3 is 10.4 Å². The van der Waals surface area contributed by atoms with Gasteiger partial charge in [-0.05, 0) is 57.9 Å². The summed E-state index contributed by atoms with van der Waals surface area (Å²) in [6, 6.07) is 9.87. The zero-order valence-corrected chi connectivity index (χ0v) is 11.8. The molecule has 2 rings (SSSR count). The number of alkyl halides is 3. The van der Waals surface area contributed by atoms with Gasteiger partial charge in [-0.25, -0.2) is 0 Å². The summed E-state index contributed by atoms with van der Waals surface area (Å²) in [5.74, 6) is 0.142. The highest BCUT2D eigenvalue weighted by atomic mass is 79.9. The summed E-state index contributed by atoms with van der Waals surface area (Å²) >= 11 is 3.20. The second-order valence-electron chi connectivity index (χ2n) is 4.21. The Hall–Kier alpha value is -1.69. The zero-order chi connectivity index (χ0) is 14.8. The molecule has 106 valence electrons. The van der Waals surface area contributed by atoms with Gasteiger partial charge in [-0.15, -0.1) is 0 Å². The van der Waals surface area contributed by atoms with Gasteiger partial charge in [0.2, 0.25) is 0 Å². The van der Waals surface area contributed by atoms with Crippen molar-refractivity contribution in [2.24, 2.45) is 0 Å². The van der Waals surface area contributed by atoms with Gasteiger partial charge in [0.05, 0.1) is 10.0 Å². The van der Waals surface area contributed by atoms with E-state index in [1.165, 1.54) is 12.1 Å². The van der Waals surface area contributed by atoms with Crippen LogP contribution in [0.25, 0.3) is 0 Å². The molecule has 0 aliphatic heterocycles. The van der Waals surface area contributed by atoms with Gasteiger partial charge in [0.1, 0.15) is 5.75 Å². The van der Waals surface area contributed by atoms with E-state index in [1.54, 1.807) is 18.2 Å². The summed E-state index contributed by atoms with van der Waals surface area (Å²) < 4.78 is 37.8. The van der Waals surface area contributed by atoms with E-state index in [0.29, 0.717) is 16.7 Å². The summed E-state index contributed by atoms with van der Waals surface area (Å²) in [4.78, 5) is 0. The third-order valence-electron chi connectivity index (χ3n) is 2.72. The number of hydrogen-bond acceptors (Lipinski definition) is 2. The van der Waals surface area contributed by atoms with Crippen molar-refractivity contribution in [2.75, 3.05) is 5.32 Å². The minimum absolute atomic E-state index is 0.142. The van der Waals surface area contributed by atoms with E-state index in [1.807, 2.05) is 0 Å². The molecule has 6 heteroatoms. The molecule has 0 heterocycles. The first-order chi connectivity index (χ1) is 9.36. The summed E-state index contributed by atoms with van der Waals surface area (Å²) in [5, 5.41) is 12.4. The van der Waals surface area contributed by atoms with E-state index in [4.69, 9.17) is 0 Å². The van der Waals surface area contributed by atoms with E-state index >= 15 is 0 Å². The largest absolute Gasteiger partial charge is 0.507 e. The molecule has 0 aliphatic carbocycles. The maximum absolute atomic E-state index is 12.4. The smallest absolute Gasteiger partial charge is 0.416 e. The Morgan fingerprint density at radius 2 is 1.70 bits per heavy atom. The van der Waals surface area contributed by atoms with Crippen molar-refractivity contribution in [3.05, 3.63) is 58.1 Å². The number of rotatable bonds is 3. The third kappa shape index (κ3) is 3.66. The number of aromatic hydroxyl groups is 1. The lowest BCUT2D eigenvalue weighted by Crippen LogP contribution is -2.05. The van der Waals surface area contributed by atoms with Crippen LogP contribution in [0.4, 0.5) is 18.9 Å². The molecule has 0 spiro atoms. The molecule has 2 nitrogen and oxygen atoms in total. The molecule has 0 unspecified atom stereocenters. The normalized spacial score (nSPS) is 11.4. The summed E-state index contributed by atoms with van der Waals surface area (Å²) in [7, 11) is 0. The number of phenolic OH excluding ortho intramolecular Hbond substituents is 1. The summed E-state index contributed by atoms with van der Waals surface area (Å²) in [6.07, 6.45) is -4.32. The Kier molecular flexibility index (Phi) is 4.23. The van der Waals surface area contributed by atoms with Crippen LogP contribution in [0.2, 0.25) is 0 Å². The first kappa shape index (κ1) is 14.7. The average molecular weight is 346 g/mol. The molecule has 0 saturated carbocycles. The van der Waals surface area contributed by atoms with Crippen LogP contribution in [0, 0.1) is 0 Å². The fourth-order valence-electron chi connectivity index (χ4n) is 1.64. The van der Waals surface area contributed by atoms with Crippen LogP contribution in [0.1, 0.15) is 11.1 Å². The number of hydrogen-bond donors (Lipinski definition) is 2. The maximum Gasteiger partial charge on any atom is 0.416 e. The van der Waals surface area contributed by atoms with Crippen molar-refractivity contribution >= 4 is 21.6 Å². The minimum Gasteiger partial charge on any atom is -0.507 e. The molecule has 0 atom stereocenters. The Morgan fingerprint density at radius 3 is 2.25 bits per heavy atom. The molecule has 0 aromatic heterocycles. The molecule has 0 fully saturated rings. The predicted molar refractivity (Wildman–Crippen MR) is 74.6 cm³/mol. The van der Waals surface area contributed by atoms with Gasteiger partial charge in [-0.2, -0.15) is 13.2 Å². The van der Waals surface area contributed by atoms with Crippen LogP contribution in [0.5, 0.6) is 5.75 Å². The second-order valence-corrected chi connectivity index (χ2v) is 5.07. The highest BCUT2D eigenvalue weighted by molar-refractivity contribution is 9.10. The average Bonchev–Trinajstić information content (AvgIpc) is 2.40. The first-order valence-electron chi connectivity index (χ1n) is 5.75. The molecule has 2 N–H and O–H groups in total. The van der Waals surface area contributed by atoms with Crippen LogP contribution in [-0.4, -0.2) is 5.11 Å². The summed E-state index contributed by atoms with van der Waals surface area (Å²) in [6.45, 7) is 0.449. The van der Waals surface area contributed by atoms with Crippen LogP contribution in [-0.2, 0) is 12.7 Å². The quantitative estimate of drug-likeness (QED) is 0.838. The maximum atomic E-state index is 12.4. The van der Waals surface area contributed by atoms with E-state index in [9.17, 15) is 18.3 Å². The Morgan fingerprint density at radius 1 is 1.05 bits per heavy atom. The number of halogens is 4. The Bertz CT molecular complexity index is 596. The topological polar surface area (TPSA) is 32.3 Å². The number of anilines is 1. The standard InChI is InChI=1S/C14H11BrF3NO/c15-12-7-9(1-6-13(12)20)8-19-11-4-2-10(3-5-11)14(16,17)18/h1-7,19-20H,8H2. The van der Waals surface area contributed by atoms with Crippen molar-refractivity contribution in [1.82, 2.24) is 0 Å². The van der Waals surface area contributed by atoms with Crippen molar-refractivity contribution in [3.8, 4) is 5.75 Å². The summed E-state index contributed by atoms with van der Waals surface area (Å²) in [5.41, 5.74) is 0.826. The van der Waals surface area contributed by atoms with Crippen molar-refractivity contribution in [2.45, 2.75) is 12.7 Å². The molecular weight excluding hydrogens is 335 g/mol. The highest BCUT2D eigenvalue weighted by Gasteiger charge is 2.29. The monoisotopic (exact) mass is 345 g/mol. The predicted octanol–water partition coefficient (Wildman–Crippen LogP) is 4.79. The molecular formula is C14H11BrF3NO. The van der Waals surface area contributed by atoms with Gasteiger partial charge in [-0.1, -0.05) is 6.07 Å². The Labute approximate surface area is 122 Å². The van der Waals surface area contributed by atoms with E-state index in [-0.39, 0.29) is 5.75 Å². The van der Waals surface area contributed by atoms with Crippen molar-refractivity contribution in [1.29, 1.82) is 0 Å². The lowest BCUT2D eigenvalue weighted by Gasteiger charge is -2.10. The van der Waals surface area contributed by atoms with Crippen LogP contribution in [0.15, 0.2) is 46.9 Å². The van der Waals surface area contributed by atoms with E-state index < -0.39 is 11.7 Å². The van der Waals surface area contributed by atoms with Crippen molar-refractivity contribution in [3.63, 3.8) is 0 Å². The van der Waals surface area contributed by atoms with Crippen LogP contribution in [0.3, 0.4) is 0 Å². The fraction of sp³-hybridized carbons (Fsp3) is 0.143. The van der Waals surface area contributed by atoms with Crippen molar-refractivity contribution < 1.29 is 18.3 Å². The van der Waals surface area contributed by atoms with E-state index in [2.05, 4.69) is 21.2 Å². The molecule has 20 heavy (non-hydrogen) atoms. The van der Waals surface area contributed by atoms with Gasteiger partial charge in [0, 0.05) is 12.2 Å². The SMILES string of the molecule is Oc1ccc(CNc2ccc(C(F)(F)F)cc2)cc1Br. The first-order valence-corrected chi connectivity index (χ1v) is 6.54. The Balaban J connectivity index is 2.02. The van der Waals surface area contributed by atoms with Crippen LogP contribution < -0.4 is 5.32 Å².